The summed E-state index contributed by atoms with van der Waals surface area (Å²) in [7, 11) is 0. The van der Waals surface area contributed by atoms with Crippen LogP contribution in [-0.2, 0) is 0 Å². The molecule has 0 aliphatic carbocycles. The van der Waals surface area contributed by atoms with Crippen LogP contribution in [0, 0.1) is 5.21 Å². The van der Waals surface area contributed by atoms with Crippen molar-refractivity contribution >= 4 is 22.1 Å². The van der Waals surface area contributed by atoms with Crippen LogP contribution in [0.4, 0.5) is 0 Å². The third-order valence-corrected chi connectivity index (χ3v) is 3.65. The standard InChI is InChI=1S/C18H12N2O/c21-20-16-11-5-4-10-15(16)19-18-14(9-6-12-17(18)20)13-7-2-1-3-8-13/h1-12H. The molecule has 0 aliphatic rings. The average molecular weight is 272 g/mol. The number of hydrogen-bond acceptors (Lipinski definition) is 2. The van der Waals surface area contributed by atoms with E-state index in [2.05, 4.69) is 0 Å². The Kier molecular flexibility index (Phi) is 2.57. The lowest BCUT2D eigenvalue weighted by Gasteiger charge is -2.08. The van der Waals surface area contributed by atoms with Crippen LogP contribution in [-0.4, -0.2) is 4.98 Å². The predicted octanol–water partition coefficient (Wildman–Crippen LogP) is 3.69. The highest BCUT2D eigenvalue weighted by molar-refractivity contribution is 5.93. The fourth-order valence-electron chi connectivity index (χ4n) is 2.64. The molecule has 1 aromatic heterocycles. The SMILES string of the molecule is [O-][n+]1c2ccccc2nc2c(-c3ccccc3)cccc21. The number of hydrogen-bond donors (Lipinski definition) is 0. The van der Waals surface area contributed by atoms with Gasteiger partial charge >= 0.3 is 0 Å². The van der Waals surface area contributed by atoms with Crippen LogP contribution in [0.2, 0.25) is 0 Å². The van der Waals surface area contributed by atoms with Gasteiger partial charge in [-0.15, -0.1) is 0 Å². The van der Waals surface area contributed by atoms with Crippen LogP contribution in [0.15, 0.2) is 72.8 Å². The second-order valence-electron chi connectivity index (χ2n) is 4.93. The van der Waals surface area contributed by atoms with Gasteiger partial charge < -0.3 is 5.21 Å². The maximum Gasteiger partial charge on any atom is 0.243 e. The van der Waals surface area contributed by atoms with Crippen LogP contribution >= 0.6 is 0 Å². The fourth-order valence-corrected chi connectivity index (χ4v) is 2.64. The van der Waals surface area contributed by atoms with Crippen molar-refractivity contribution in [3.05, 3.63) is 78.0 Å². The van der Waals surface area contributed by atoms with Crippen molar-refractivity contribution < 1.29 is 4.73 Å². The molecule has 0 unspecified atom stereocenters. The lowest BCUT2D eigenvalue weighted by Crippen LogP contribution is -2.28. The van der Waals surface area contributed by atoms with Gasteiger partial charge in [-0.3, -0.25) is 0 Å². The third-order valence-electron chi connectivity index (χ3n) is 3.65. The van der Waals surface area contributed by atoms with E-state index < -0.39 is 0 Å². The minimum Gasteiger partial charge on any atom is -0.618 e. The molecule has 0 N–H and O–H groups in total. The van der Waals surface area contributed by atoms with Crippen molar-refractivity contribution in [1.82, 2.24) is 4.98 Å². The van der Waals surface area contributed by atoms with E-state index in [1.54, 1.807) is 6.07 Å². The molecule has 3 aromatic carbocycles. The lowest BCUT2D eigenvalue weighted by molar-refractivity contribution is -0.548. The Labute approximate surface area is 121 Å². The molecule has 21 heavy (non-hydrogen) atoms. The van der Waals surface area contributed by atoms with Gasteiger partial charge in [0.1, 0.15) is 11.0 Å². The molecule has 0 saturated heterocycles. The molecule has 100 valence electrons. The molecule has 0 radical (unpaired) electrons. The molecule has 1 heterocycles. The smallest absolute Gasteiger partial charge is 0.243 e. The molecule has 4 aromatic rings. The van der Waals surface area contributed by atoms with E-state index in [1.807, 2.05) is 66.7 Å². The van der Waals surface area contributed by atoms with Gasteiger partial charge in [-0.2, -0.15) is 4.73 Å². The van der Waals surface area contributed by atoms with E-state index >= 15 is 0 Å². The summed E-state index contributed by atoms with van der Waals surface area (Å²) in [4.78, 5) is 4.69. The second kappa shape index (κ2) is 4.56. The molecular formula is C18H12N2O. The van der Waals surface area contributed by atoms with Crippen molar-refractivity contribution in [3.63, 3.8) is 0 Å². The summed E-state index contributed by atoms with van der Waals surface area (Å²) in [6, 6.07) is 23.1. The first-order chi connectivity index (χ1) is 10.3. The Hall–Kier alpha value is -2.94. The molecule has 0 atom stereocenters. The van der Waals surface area contributed by atoms with Gasteiger partial charge in [0.15, 0.2) is 0 Å². The number of benzene rings is 3. The average Bonchev–Trinajstić information content (AvgIpc) is 2.56. The number of para-hydroxylation sites is 3. The zero-order valence-corrected chi connectivity index (χ0v) is 11.2. The van der Waals surface area contributed by atoms with Crippen LogP contribution in [0.5, 0.6) is 0 Å². The maximum absolute atomic E-state index is 12.5. The highest BCUT2D eigenvalue weighted by atomic mass is 16.5. The Morgan fingerprint density at radius 1 is 0.714 bits per heavy atom. The van der Waals surface area contributed by atoms with Gasteiger partial charge in [-0.1, -0.05) is 54.6 Å². The van der Waals surface area contributed by atoms with Gasteiger partial charge in [0.05, 0.1) is 0 Å². The van der Waals surface area contributed by atoms with Crippen molar-refractivity contribution in [2.75, 3.05) is 0 Å². The summed E-state index contributed by atoms with van der Waals surface area (Å²) in [5, 5.41) is 12.5. The largest absolute Gasteiger partial charge is 0.618 e. The highest BCUT2D eigenvalue weighted by Gasteiger charge is 2.14. The summed E-state index contributed by atoms with van der Waals surface area (Å²) >= 11 is 0. The Bertz CT molecular complexity index is 949. The third kappa shape index (κ3) is 1.82. The lowest BCUT2D eigenvalue weighted by atomic mass is 10.0. The Morgan fingerprint density at radius 3 is 2.29 bits per heavy atom. The topological polar surface area (TPSA) is 39.8 Å². The molecule has 0 bridgehead atoms. The van der Waals surface area contributed by atoms with E-state index in [-0.39, 0.29) is 0 Å². The summed E-state index contributed by atoms with van der Waals surface area (Å²) < 4.78 is 0.962. The van der Waals surface area contributed by atoms with E-state index in [4.69, 9.17) is 4.98 Å². The van der Waals surface area contributed by atoms with Crippen LogP contribution < -0.4 is 4.73 Å². The van der Waals surface area contributed by atoms with Crippen molar-refractivity contribution in [2.24, 2.45) is 0 Å². The number of nitrogens with zero attached hydrogens (tertiary/aromatic N) is 2. The molecule has 3 heteroatoms. The van der Waals surface area contributed by atoms with Crippen molar-refractivity contribution in [1.29, 1.82) is 0 Å². The fraction of sp³-hybridized carbons (Fsp3) is 0. The van der Waals surface area contributed by atoms with Crippen LogP contribution in [0.25, 0.3) is 33.2 Å². The normalized spacial score (nSPS) is 11.0. The summed E-state index contributed by atoms with van der Waals surface area (Å²) in [5.41, 5.74) is 4.67. The first-order valence-corrected chi connectivity index (χ1v) is 6.81. The summed E-state index contributed by atoms with van der Waals surface area (Å²) in [5.74, 6) is 0. The molecule has 0 spiro atoms. The predicted molar refractivity (Wildman–Crippen MR) is 83.6 cm³/mol. The van der Waals surface area contributed by atoms with E-state index in [9.17, 15) is 5.21 Å². The quantitative estimate of drug-likeness (QED) is 0.301. The molecular weight excluding hydrogens is 260 g/mol. The van der Waals surface area contributed by atoms with E-state index in [1.165, 1.54) is 0 Å². The molecule has 0 amide bonds. The zero-order valence-electron chi connectivity index (χ0n) is 11.2. The number of fused-ring (bicyclic) bond motifs is 2. The van der Waals surface area contributed by atoms with Gasteiger partial charge in [0, 0.05) is 17.7 Å². The zero-order chi connectivity index (χ0) is 14.2. The van der Waals surface area contributed by atoms with E-state index in [0.717, 1.165) is 21.4 Å². The van der Waals surface area contributed by atoms with Gasteiger partial charge in [0.2, 0.25) is 11.0 Å². The van der Waals surface area contributed by atoms with E-state index in [0.29, 0.717) is 16.6 Å². The number of aromatic nitrogens is 2. The molecule has 3 nitrogen and oxygen atoms in total. The maximum atomic E-state index is 12.5. The van der Waals surface area contributed by atoms with Gasteiger partial charge in [0.25, 0.3) is 0 Å². The van der Waals surface area contributed by atoms with Crippen LogP contribution in [0.1, 0.15) is 0 Å². The minimum absolute atomic E-state index is 0.593. The summed E-state index contributed by atoms with van der Waals surface area (Å²) in [6.45, 7) is 0. The molecule has 0 aliphatic heterocycles. The Balaban J connectivity index is 2.15. The summed E-state index contributed by atoms with van der Waals surface area (Å²) in [6.07, 6.45) is 0. The molecule has 0 saturated carbocycles. The monoisotopic (exact) mass is 272 g/mol. The second-order valence-corrected chi connectivity index (χ2v) is 4.93. The number of rotatable bonds is 1. The van der Waals surface area contributed by atoms with Gasteiger partial charge in [-0.05, 0) is 11.6 Å². The highest BCUT2D eigenvalue weighted by Crippen LogP contribution is 2.26. The molecule has 4 rings (SSSR count). The van der Waals surface area contributed by atoms with Crippen molar-refractivity contribution in [2.45, 2.75) is 0 Å². The van der Waals surface area contributed by atoms with Crippen LogP contribution in [0.3, 0.4) is 0 Å². The molecule has 0 fully saturated rings. The minimum atomic E-state index is 0.593. The Morgan fingerprint density at radius 2 is 1.43 bits per heavy atom. The first-order valence-electron chi connectivity index (χ1n) is 6.81. The van der Waals surface area contributed by atoms with Gasteiger partial charge in [-0.25, -0.2) is 4.98 Å². The van der Waals surface area contributed by atoms with Crippen molar-refractivity contribution in [3.8, 4) is 11.1 Å². The first kappa shape index (κ1) is 11.9.